The number of carbonyl (C=O) groups excluding carboxylic acids is 1. The van der Waals surface area contributed by atoms with Gasteiger partial charge in [0.2, 0.25) is 14.9 Å². The van der Waals surface area contributed by atoms with Gasteiger partial charge in [0.1, 0.15) is 5.52 Å². The number of piperidine rings is 1. The molecule has 10 heteroatoms. The highest BCUT2D eigenvalue weighted by molar-refractivity contribution is 7.90. The first kappa shape index (κ1) is 22.3. The normalized spacial score (nSPS) is 19.3. The Bertz CT molecular complexity index is 1280. The number of anilines is 1. The van der Waals surface area contributed by atoms with Crippen LogP contribution in [0.2, 0.25) is 5.02 Å². The van der Waals surface area contributed by atoms with Gasteiger partial charge < -0.3 is 19.1 Å². The number of fused-ring (bicyclic) bond motifs is 1. The molecule has 176 valence electrons. The van der Waals surface area contributed by atoms with E-state index in [1.54, 1.807) is 6.07 Å². The molecular formula is C23H26ClN3O5S. The number of hydrogen-bond acceptors (Lipinski definition) is 7. The number of benzene rings is 1. The third kappa shape index (κ3) is 4.61. The Hall–Kier alpha value is -2.52. The second-order valence-electron chi connectivity index (χ2n) is 9.23. The van der Waals surface area contributed by atoms with Crippen LogP contribution in [0.5, 0.6) is 0 Å². The molecule has 1 aliphatic heterocycles. The van der Waals surface area contributed by atoms with Crippen LogP contribution in [0.25, 0.3) is 11.1 Å². The molecule has 1 saturated heterocycles. The lowest BCUT2D eigenvalue weighted by molar-refractivity contribution is 0.0835. The van der Waals surface area contributed by atoms with Gasteiger partial charge in [-0.05, 0) is 74.3 Å². The zero-order valence-electron chi connectivity index (χ0n) is 18.3. The minimum atomic E-state index is -3.47. The van der Waals surface area contributed by atoms with E-state index in [-0.39, 0.29) is 28.2 Å². The minimum absolute atomic E-state index is 0.0312. The molecule has 1 spiro atoms. The van der Waals surface area contributed by atoms with E-state index >= 15 is 0 Å². The third-order valence-electron chi connectivity index (χ3n) is 6.99. The molecule has 0 bridgehead atoms. The summed E-state index contributed by atoms with van der Waals surface area (Å²) < 4.78 is 34.3. The van der Waals surface area contributed by atoms with Crippen LogP contribution in [-0.4, -0.2) is 44.7 Å². The summed E-state index contributed by atoms with van der Waals surface area (Å²) >= 11 is 6.06. The number of rotatable bonds is 4. The minimum Gasteiger partial charge on any atom is -0.440 e. The van der Waals surface area contributed by atoms with Gasteiger partial charge in [-0.25, -0.2) is 8.42 Å². The van der Waals surface area contributed by atoms with Gasteiger partial charge in [0, 0.05) is 30.4 Å². The number of nitrogens with zero attached hydrogens (tertiary/aromatic N) is 2. The maximum atomic E-state index is 12.5. The quantitative estimate of drug-likeness (QED) is 0.575. The number of amides is 1. The highest BCUT2D eigenvalue weighted by Crippen LogP contribution is 2.45. The van der Waals surface area contributed by atoms with Gasteiger partial charge in [-0.3, -0.25) is 4.79 Å². The fourth-order valence-electron chi connectivity index (χ4n) is 4.97. The molecule has 2 fully saturated rings. The van der Waals surface area contributed by atoms with E-state index in [1.165, 1.54) is 12.1 Å². The van der Waals surface area contributed by atoms with Crippen LogP contribution in [-0.2, 0) is 9.84 Å². The lowest BCUT2D eigenvalue weighted by atomic mass is 9.67. The number of aromatic nitrogens is 1. The molecular weight excluding hydrogens is 466 g/mol. The van der Waals surface area contributed by atoms with Crippen molar-refractivity contribution in [3.05, 3.63) is 41.1 Å². The summed E-state index contributed by atoms with van der Waals surface area (Å²) in [6.45, 7) is 1.77. The molecule has 5 rings (SSSR count). The topological polar surface area (TPSA) is 106 Å². The zero-order chi connectivity index (χ0) is 23.2. The fraction of sp³-hybridized carbons (Fsp3) is 0.478. The largest absolute Gasteiger partial charge is 0.440 e. The van der Waals surface area contributed by atoms with Crippen molar-refractivity contribution >= 4 is 44.5 Å². The third-order valence-corrected chi connectivity index (χ3v) is 8.17. The van der Waals surface area contributed by atoms with Crippen LogP contribution in [0, 0.1) is 5.41 Å². The van der Waals surface area contributed by atoms with Crippen molar-refractivity contribution in [1.82, 2.24) is 10.3 Å². The Morgan fingerprint density at radius 1 is 1.12 bits per heavy atom. The van der Waals surface area contributed by atoms with Gasteiger partial charge in [-0.1, -0.05) is 11.6 Å². The predicted molar refractivity (Wildman–Crippen MR) is 124 cm³/mol. The van der Waals surface area contributed by atoms with Crippen molar-refractivity contribution in [1.29, 1.82) is 0 Å². The van der Waals surface area contributed by atoms with Crippen molar-refractivity contribution in [2.75, 3.05) is 24.2 Å². The number of carbonyl (C=O) groups is 1. The van der Waals surface area contributed by atoms with Crippen LogP contribution >= 0.6 is 11.6 Å². The second-order valence-corrected chi connectivity index (χ2v) is 11.6. The lowest BCUT2D eigenvalue weighted by Crippen LogP contribution is -2.45. The first-order valence-corrected chi connectivity index (χ1v) is 13.4. The predicted octanol–water partition coefficient (Wildman–Crippen LogP) is 4.44. The number of oxazole rings is 1. The maximum Gasteiger partial charge on any atom is 0.298 e. The molecule has 1 amide bonds. The van der Waals surface area contributed by atoms with E-state index in [0.29, 0.717) is 11.0 Å². The van der Waals surface area contributed by atoms with Crippen LogP contribution in [0.1, 0.15) is 49.1 Å². The molecule has 1 aliphatic carbocycles. The maximum absolute atomic E-state index is 12.5. The monoisotopic (exact) mass is 491 g/mol. The highest BCUT2D eigenvalue weighted by Gasteiger charge is 2.39. The van der Waals surface area contributed by atoms with E-state index in [9.17, 15) is 13.2 Å². The zero-order valence-corrected chi connectivity index (χ0v) is 19.9. The fourth-order valence-corrected chi connectivity index (χ4v) is 5.69. The Morgan fingerprint density at radius 3 is 2.52 bits per heavy atom. The van der Waals surface area contributed by atoms with Crippen molar-refractivity contribution in [2.24, 2.45) is 5.41 Å². The van der Waals surface area contributed by atoms with Crippen LogP contribution < -0.4 is 10.2 Å². The summed E-state index contributed by atoms with van der Waals surface area (Å²) in [6.07, 6.45) is 7.05. The Morgan fingerprint density at radius 2 is 1.85 bits per heavy atom. The summed E-state index contributed by atoms with van der Waals surface area (Å²) in [5, 5.41) is 3.46. The molecule has 2 aliphatic rings. The Labute approximate surface area is 197 Å². The van der Waals surface area contributed by atoms with Crippen molar-refractivity contribution in [3.63, 3.8) is 0 Å². The SMILES string of the molecule is CS(=O)(=O)c1ccc(C(=O)NC2CCC3(CC2)CCN(c2nc4cc(Cl)ccc4o2)CC3)o1. The average Bonchev–Trinajstić information content (AvgIpc) is 3.43. The van der Waals surface area contributed by atoms with Crippen molar-refractivity contribution < 1.29 is 22.0 Å². The molecule has 8 nitrogen and oxygen atoms in total. The molecule has 33 heavy (non-hydrogen) atoms. The van der Waals surface area contributed by atoms with Gasteiger partial charge in [0.05, 0.1) is 0 Å². The molecule has 2 aromatic heterocycles. The van der Waals surface area contributed by atoms with Gasteiger partial charge >= 0.3 is 0 Å². The molecule has 3 heterocycles. The highest BCUT2D eigenvalue weighted by atomic mass is 35.5. The van der Waals surface area contributed by atoms with E-state index in [2.05, 4.69) is 15.2 Å². The second kappa shape index (κ2) is 8.36. The Balaban J connectivity index is 1.15. The summed E-state index contributed by atoms with van der Waals surface area (Å²) in [7, 11) is -3.47. The number of halogens is 1. The summed E-state index contributed by atoms with van der Waals surface area (Å²) in [4.78, 5) is 19.3. The van der Waals surface area contributed by atoms with Crippen LogP contribution in [0.4, 0.5) is 6.01 Å². The Kier molecular flexibility index (Phi) is 5.64. The number of sulfone groups is 1. The molecule has 1 saturated carbocycles. The number of furan rings is 1. The first-order valence-electron chi connectivity index (χ1n) is 11.1. The van der Waals surface area contributed by atoms with Crippen molar-refractivity contribution in [2.45, 2.75) is 49.7 Å². The van der Waals surface area contributed by atoms with Crippen LogP contribution in [0.3, 0.4) is 0 Å². The molecule has 3 aromatic rings. The van der Waals surface area contributed by atoms with Gasteiger partial charge in [-0.15, -0.1) is 0 Å². The average molecular weight is 492 g/mol. The van der Waals surface area contributed by atoms with E-state index in [4.69, 9.17) is 20.4 Å². The molecule has 1 N–H and O–H groups in total. The molecule has 0 radical (unpaired) electrons. The smallest absolute Gasteiger partial charge is 0.298 e. The summed E-state index contributed by atoms with van der Waals surface area (Å²) in [5.74, 6) is -0.333. The van der Waals surface area contributed by atoms with Crippen LogP contribution in [0.15, 0.2) is 44.3 Å². The molecule has 0 atom stereocenters. The van der Waals surface area contributed by atoms with Crippen molar-refractivity contribution in [3.8, 4) is 0 Å². The summed E-state index contributed by atoms with van der Waals surface area (Å²) in [5.41, 5.74) is 1.79. The van der Waals surface area contributed by atoms with Gasteiger partial charge in [-0.2, -0.15) is 4.98 Å². The first-order chi connectivity index (χ1) is 15.7. The summed E-state index contributed by atoms with van der Waals surface area (Å²) in [6, 6.07) is 8.91. The molecule has 0 unspecified atom stereocenters. The number of hydrogen-bond donors (Lipinski definition) is 1. The van der Waals surface area contributed by atoms with E-state index in [0.717, 1.165) is 69.0 Å². The number of nitrogens with one attached hydrogen (secondary N) is 1. The van der Waals surface area contributed by atoms with E-state index in [1.807, 2.05) is 12.1 Å². The lowest BCUT2D eigenvalue weighted by Gasteiger charge is -2.45. The standard InChI is InChI=1S/C23H26ClN3O5S/c1-33(29,30)20-5-4-19(31-20)21(28)25-16-6-8-23(9-7-16)10-12-27(13-11-23)22-26-17-14-15(24)2-3-18(17)32-22/h2-5,14,16H,6-13H2,1H3,(H,25,28). The molecule has 1 aromatic carbocycles. The van der Waals surface area contributed by atoms with E-state index < -0.39 is 9.84 Å². The van der Waals surface area contributed by atoms with Gasteiger partial charge in [0.25, 0.3) is 11.9 Å². The van der Waals surface area contributed by atoms with Gasteiger partial charge in [0.15, 0.2) is 11.3 Å².